The topological polar surface area (TPSA) is 141 Å². The van der Waals surface area contributed by atoms with Gasteiger partial charge in [-0.25, -0.2) is 0 Å². The Morgan fingerprint density at radius 2 is 1.85 bits per heavy atom. The molecule has 11 heteroatoms. The number of nitrogens with one attached hydrogen (secondary N) is 1. The zero-order chi connectivity index (χ0) is 23.4. The molecule has 2 atom stereocenters. The smallest absolute Gasteiger partial charge is 0.326 e. The number of imide groups is 1. The largest absolute Gasteiger partial charge is 0.495 e. The summed E-state index contributed by atoms with van der Waals surface area (Å²) in [5.41, 5.74) is 0.508. The Balaban J connectivity index is 1.26. The third kappa shape index (κ3) is 5.02. The van der Waals surface area contributed by atoms with Crippen molar-refractivity contribution in [3.63, 3.8) is 0 Å². The van der Waals surface area contributed by atoms with E-state index in [1.165, 1.54) is 7.11 Å². The van der Waals surface area contributed by atoms with Gasteiger partial charge in [-0.2, -0.15) is 4.98 Å². The molecule has 2 aromatic rings. The summed E-state index contributed by atoms with van der Waals surface area (Å²) in [7, 11) is 1.50. The number of carbonyl (C=O) groups is 4. The Hall–Kier alpha value is -3.76. The molecule has 2 aliphatic rings. The molecule has 174 valence electrons. The third-order valence-corrected chi connectivity index (χ3v) is 5.79. The first-order valence-corrected chi connectivity index (χ1v) is 10.7. The van der Waals surface area contributed by atoms with Crippen molar-refractivity contribution >= 4 is 29.4 Å². The SMILES string of the molecule is COc1ccccc1NC(=O)Cc1noc(COC(=O)CN2C(=O)[C@H]3CCCC[C@@H]3C2=O)n1. The van der Waals surface area contributed by atoms with Crippen LogP contribution in [0.15, 0.2) is 28.8 Å². The van der Waals surface area contributed by atoms with Crippen LogP contribution in [0.3, 0.4) is 0 Å². The highest BCUT2D eigenvalue weighted by atomic mass is 16.6. The second-order valence-electron chi connectivity index (χ2n) is 7.95. The number of hydrogen-bond acceptors (Lipinski definition) is 9. The van der Waals surface area contributed by atoms with Crippen LogP contribution in [0.1, 0.15) is 37.4 Å². The van der Waals surface area contributed by atoms with Gasteiger partial charge in [0.25, 0.3) is 5.89 Å². The summed E-state index contributed by atoms with van der Waals surface area (Å²) in [5.74, 6) is -1.75. The number of fused-ring (bicyclic) bond motifs is 1. The van der Waals surface area contributed by atoms with Crippen molar-refractivity contribution < 1.29 is 33.2 Å². The summed E-state index contributed by atoms with van der Waals surface area (Å²) in [6.07, 6.45) is 3.02. The molecule has 2 heterocycles. The molecule has 1 aromatic heterocycles. The maximum absolute atomic E-state index is 12.4. The average molecular weight is 456 g/mol. The van der Waals surface area contributed by atoms with E-state index in [-0.39, 0.29) is 54.3 Å². The molecular formula is C22H24N4O7. The Labute approximate surface area is 189 Å². The maximum Gasteiger partial charge on any atom is 0.326 e. The Morgan fingerprint density at radius 1 is 1.15 bits per heavy atom. The highest BCUT2D eigenvalue weighted by Crippen LogP contribution is 2.37. The lowest BCUT2D eigenvalue weighted by molar-refractivity contribution is -0.154. The molecular weight excluding hydrogens is 432 g/mol. The van der Waals surface area contributed by atoms with E-state index in [4.69, 9.17) is 14.0 Å². The van der Waals surface area contributed by atoms with E-state index in [9.17, 15) is 19.2 Å². The van der Waals surface area contributed by atoms with Gasteiger partial charge in [-0.3, -0.25) is 24.1 Å². The number of methoxy groups -OCH3 is 1. The number of nitrogens with zero attached hydrogens (tertiary/aromatic N) is 3. The summed E-state index contributed by atoms with van der Waals surface area (Å²) in [5, 5.41) is 6.41. The molecule has 0 bridgehead atoms. The number of ether oxygens (including phenoxy) is 2. The Morgan fingerprint density at radius 3 is 2.55 bits per heavy atom. The summed E-state index contributed by atoms with van der Waals surface area (Å²) >= 11 is 0. The minimum Gasteiger partial charge on any atom is -0.495 e. The van der Waals surface area contributed by atoms with Crippen molar-refractivity contribution in [3.05, 3.63) is 36.0 Å². The predicted octanol–water partition coefficient (Wildman–Crippen LogP) is 1.48. The number of anilines is 1. The number of carbonyl (C=O) groups excluding carboxylic acids is 4. The molecule has 33 heavy (non-hydrogen) atoms. The van der Waals surface area contributed by atoms with Gasteiger partial charge in [-0.05, 0) is 25.0 Å². The highest BCUT2D eigenvalue weighted by Gasteiger charge is 2.48. The normalized spacial score (nSPS) is 19.8. The van der Waals surface area contributed by atoms with E-state index < -0.39 is 12.5 Å². The van der Waals surface area contributed by atoms with Gasteiger partial charge in [0, 0.05) is 0 Å². The first-order chi connectivity index (χ1) is 16.0. The fourth-order valence-electron chi connectivity index (χ4n) is 4.21. The molecule has 4 rings (SSSR count). The lowest BCUT2D eigenvalue weighted by Gasteiger charge is -2.19. The molecule has 11 nitrogen and oxygen atoms in total. The lowest BCUT2D eigenvalue weighted by Crippen LogP contribution is -2.36. The number of para-hydroxylation sites is 2. The van der Waals surface area contributed by atoms with Crippen LogP contribution in [-0.4, -0.2) is 52.4 Å². The molecule has 1 saturated carbocycles. The molecule has 0 radical (unpaired) electrons. The highest BCUT2D eigenvalue weighted by molar-refractivity contribution is 6.07. The van der Waals surface area contributed by atoms with Gasteiger partial charge in [-0.1, -0.05) is 30.1 Å². The van der Waals surface area contributed by atoms with Crippen LogP contribution in [0.4, 0.5) is 5.69 Å². The molecule has 1 aromatic carbocycles. The van der Waals surface area contributed by atoms with Crippen molar-refractivity contribution in [3.8, 4) is 5.75 Å². The number of esters is 1. The fraction of sp³-hybridized carbons (Fsp3) is 0.455. The van der Waals surface area contributed by atoms with E-state index in [0.717, 1.165) is 17.7 Å². The maximum atomic E-state index is 12.4. The van der Waals surface area contributed by atoms with Gasteiger partial charge in [-0.15, -0.1) is 0 Å². The Kier molecular flexibility index (Phi) is 6.66. The summed E-state index contributed by atoms with van der Waals surface area (Å²) in [6, 6.07) is 6.95. The van der Waals surface area contributed by atoms with Crippen LogP contribution >= 0.6 is 0 Å². The van der Waals surface area contributed by atoms with Gasteiger partial charge >= 0.3 is 5.97 Å². The molecule has 1 aliphatic heterocycles. The standard InChI is InChI=1S/C22H24N4O7/c1-31-16-9-5-4-8-15(16)23-18(27)10-17-24-19(33-25-17)12-32-20(28)11-26-21(29)13-6-2-3-7-14(13)22(26)30/h4-5,8-9,13-14H,2-3,6-7,10-12H2,1H3,(H,23,27)/t13-,14-/m0/s1. The number of benzene rings is 1. The van der Waals surface area contributed by atoms with Gasteiger partial charge in [0.1, 0.15) is 12.3 Å². The van der Waals surface area contributed by atoms with E-state index in [1.54, 1.807) is 24.3 Å². The van der Waals surface area contributed by atoms with Crippen molar-refractivity contribution in [2.24, 2.45) is 11.8 Å². The van der Waals surface area contributed by atoms with Crippen molar-refractivity contribution in [1.82, 2.24) is 15.0 Å². The van der Waals surface area contributed by atoms with Crippen LogP contribution in [0, 0.1) is 11.8 Å². The summed E-state index contributed by atoms with van der Waals surface area (Å²) in [6.45, 7) is -0.768. The zero-order valence-electron chi connectivity index (χ0n) is 18.1. The molecule has 1 saturated heterocycles. The fourth-order valence-corrected chi connectivity index (χ4v) is 4.21. The van der Waals surface area contributed by atoms with E-state index in [0.29, 0.717) is 24.3 Å². The van der Waals surface area contributed by atoms with Gasteiger partial charge in [0.2, 0.25) is 17.7 Å². The first kappa shape index (κ1) is 22.4. The minimum atomic E-state index is -0.746. The van der Waals surface area contributed by atoms with Crippen molar-refractivity contribution in [1.29, 1.82) is 0 Å². The molecule has 3 amide bonds. The molecule has 1 N–H and O–H groups in total. The van der Waals surface area contributed by atoms with E-state index >= 15 is 0 Å². The predicted molar refractivity (Wildman–Crippen MR) is 112 cm³/mol. The van der Waals surface area contributed by atoms with Gasteiger partial charge < -0.3 is 19.3 Å². The van der Waals surface area contributed by atoms with Crippen LogP contribution in [0.25, 0.3) is 0 Å². The van der Waals surface area contributed by atoms with E-state index in [1.807, 2.05) is 0 Å². The molecule has 1 aliphatic carbocycles. The third-order valence-electron chi connectivity index (χ3n) is 5.79. The number of hydrogen-bond donors (Lipinski definition) is 1. The Bertz CT molecular complexity index is 1040. The number of aromatic nitrogens is 2. The zero-order valence-corrected chi connectivity index (χ0v) is 18.1. The minimum absolute atomic E-state index is 0.00353. The molecule has 2 fully saturated rings. The van der Waals surface area contributed by atoms with Crippen molar-refractivity contribution in [2.45, 2.75) is 38.7 Å². The van der Waals surface area contributed by atoms with Gasteiger partial charge in [0.15, 0.2) is 12.4 Å². The number of likely N-dealkylation sites (tertiary alicyclic amines) is 1. The summed E-state index contributed by atoms with van der Waals surface area (Å²) in [4.78, 5) is 54.3. The molecule has 0 spiro atoms. The molecule has 0 unspecified atom stereocenters. The lowest BCUT2D eigenvalue weighted by atomic mass is 9.81. The van der Waals surface area contributed by atoms with Crippen LogP contribution in [-0.2, 0) is 36.9 Å². The van der Waals surface area contributed by atoms with Crippen LogP contribution in [0.2, 0.25) is 0 Å². The second-order valence-corrected chi connectivity index (χ2v) is 7.95. The van der Waals surface area contributed by atoms with Gasteiger partial charge in [0.05, 0.1) is 31.1 Å². The summed E-state index contributed by atoms with van der Waals surface area (Å²) < 4.78 is 15.3. The monoisotopic (exact) mass is 456 g/mol. The average Bonchev–Trinajstić information content (AvgIpc) is 3.36. The van der Waals surface area contributed by atoms with E-state index in [2.05, 4.69) is 15.5 Å². The first-order valence-electron chi connectivity index (χ1n) is 10.7. The van der Waals surface area contributed by atoms with Crippen LogP contribution in [0.5, 0.6) is 5.75 Å². The quantitative estimate of drug-likeness (QED) is 0.462. The number of amides is 3. The second kappa shape index (κ2) is 9.80. The van der Waals surface area contributed by atoms with Crippen LogP contribution < -0.4 is 10.1 Å². The number of rotatable bonds is 8. The van der Waals surface area contributed by atoms with Crippen molar-refractivity contribution in [2.75, 3.05) is 19.0 Å².